The summed E-state index contributed by atoms with van der Waals surface area (Å²) in [4.78, 5) is 17.7. The maximum Gasteiger partial charge on any atom is 0.307 e. The third-order valence-corrected chi connectivity index (χ3v) is 4.59. The van der Waals surface area contributed by atoms with Crippen molar-refractivity contribution < 1.29 is 9.90 Å². The summed E-state index contributed by atoms with van der Waals surface area (Å²) in [5, 5.41) is 10.1. The highest BCUT2D eigenvalue weighted by Gasteiger charge is 2.31. The molecule has 120 valence electrons. The van der Waals surface area contributed by atoms with Gasteiger partial charge < -0.3 is 5.11 Å². The van der Waals surface area contributed by atoms with E-state index < -0.39 is 5.97 Å². The third-order valence-electron chi connectivity index (χ3n) is 4.35. The molecule has 2 unspecified atom stereocenters. The first kappa shape index (κ1) is 16.0. The zero-order chi connectivity index (χ0) is 16.2. The average molecular weight is 331 g/mol. The van der Waals surface area contributed by atoms with Gasteiger partial charge in [-0.25, -0.2) is 0 Å². The number of carboxylic acid groups (broad SMARTS) is 1. The van der Waals surface area contributed by atoms with E-state index in [0.29, 0.717) is 11.6 Å². The molecule has 1 saturated heterocycles. The van der Waals surface area contributed by atoms with Crippen molar-refractivity contribution >= 4 is 17.6 Å². The summed E-state index contributed by atoms with van der Waals surface area (Å²) < 4.78 is 0. The van der Waals surface area contributed by atoms with Gasteiger partial charge in [-0.05, 0) is 54.8 Å². The van der Waals surface area contributed by atoms with Gasteiger partial charge in [0.15, 0.2) is 0 Å². The second-order valence-electron chi connectivity index (χ2n) is 5.91. The minimum atomic E-state index is -0.714. The van der Waals surface area contributed by atoms with Crippen molar-refractivity contribution in [3.05, 3.63) is 64.9 Å². The van der Waals surface area contributed by atoms with E-state index in [4.69, 9.17) is 11.6 Å². The molecule has 0 radical (unpaired) electrons. The topological polar surface area (TPSA) is 53.4 Å². The molecule has 1 fully saturated rings. The molecule has 0 aliphatic carbocycles. The summed E-state index contributed by atoms with van der Waals surface area (Å²) in [6.07, 6.45) is 5.17. The van der Waals surface area contributed by atoms with E-state index in [-0.39, 0.29) is 12.0 Å². The highest BCUT2D eigenvalue weighted by Crippen LogP contribution is 2.33. The number of hydrogen-bond donors (Lipinski definition) is 1. The Kier molecular flexibility index (Phi) is 4.94. The molecular weight excluding hydrogens is 312 g/mol. The van der Waals surface area contributed by atoms with Gasteiger partial charge in [0.05, 0.1) is 12.0 Å². The quantitative estimate of drug-likeness (QED) is 0.930. The van der Waals surface area contributed by atoms with Gasteiger partial charge in [-0.1, -0.05) is 23.7 Å². The number of aliphatic carboxylic acids is 1. The predicted octanol–water partition coefficient (Wildman–Crippen LogP) is 3.62. The summed E-state index contributed by atoms with van der Waals surface area (Å²) in [7, 11) is 0. The van der Waals surface area contributed by atoms with Gasteiger partial charge in [0.25, 0.3) is 0 Å². The highest BCUT2D eigenvalue weighted by molar-refractivity contribution is 6.30. The Balaban J connectivity index is 1.97. The minimum Gasteiger partial charge on any atom is -0.481 e. The van der Waals surface area contributed by atoms with Gasteiger partial charge >= 0.3 is 5.97 Å². The van der Waals surface area contributed by atoms with Crippen LogP contribution in [0, 0.1) is 5.92 Å². The normalized spacial score (nSPS) is 20.1. The Morgan fingerprint density at radius 1 is 1.26 bits per heavy atom. The fraction of sp³-hybridized carbons (Fsp3) is 0.333. The number of carbonyl (C=O) groups is 1. The van der Waals surface area contributed by atoms with E-state index in [1.54, 1.807) is 12.4 Å². The Bertz CT molecular complexity index is 678. The van der Waals surface area contributed by atoms with Crippen molar-refractivity contribution in [1.82, 2.24) is 9.88 Å². The Hall–Kier alpha value is -1.91. The fourth-order valence-electron chi connectivity index (χ4n) is 3.28. The molecule has 1 N–H and O–H groups in total. The van der Waals surface area contributed by atoms with Gasteiger partial charge in [0.2, 0.25) is 0 Å². The molecule has 2 heterocycles. The van der Waals surface area contributed by atoms with Crippen LogP contribution in [-0.2, 0) is 4.79 Å². The van der Waals surface area contributed by atoms with Gasteiger partial charge in [0, 0.05) is 24.0 Å². The standard InChI is InChI=1S/C18H19ClN2O2/c19-16-5-1-3-14(11-16)17(13-6-8-20-9-7-13)21-10-2-4-15(12-21)18(22)23/h1,3,5-9,11,15,17H,2,4,10,12H2,(H,22,23). The molecular formula is C18H19ClN2O2. The van der Waals surface area contributed by atoms with Crippen LogP contribution < -0.4 is 0 Å². The van der Waals surface area contributed by atoms with Crippen molar-refractivity contribution in [3.8, 4) is 0 Å². The second-order valence-corrected chi connectivity index (χ2v) is 6.35. The Morgan fingerprint density at radius 2 is 2.04 bits per heavy atom. The summed E-state index contributed by atoms with van der Waals surface area (Å²) in [5.41, 5.74) is 2.18. The highest BCUT2D eigenvalue weighted by atomic mass is 35.5. The first-order valence-electron chi connectivity index (χ1n) is 7.77. The van der Waals surface area contributed by atoms with Crippen LogP contribution in [-0.4, -0.2) is 34.0 Å². The number of carboxylic acids is 1. The Morgan fingerprint density at radius 3 is 2.74 bits per heavy atom. The number of hydrogen-bond acceptors (Lipinski definition) is 3. The number of benzene rings is 1. The lowest BCUT2D eigenvalue weighted by molar-refractivity contribution is -0.143. The molecule has 2 aromatic rings. The summed E-state index contributed by atoms with van der Waals surface area (Å²) >= 11 is 6.17. The van der Waals surface area contributed by atoms with Crippen LogP contribution in [0.4, 0.5) is 0 Å². The molecule has 0 amide bonds. The van der Waals surface area contributed by atoms with Crippen molar-refractivity contribution in [2.45, 2.75) is 18.9 Å². The van der Waals surface area contributed by atoms with Gasteiger partial charge in [-0.3, -0.25) is 14.7 Å². The predicted molar refractivity (Wildman–Crippen MR) is 89.5 cm³/mol. The molecule has 4 nitrogen and oxygen atoms in total. The lowest BCUT2D eigenvalue weighted by Crippen LogP contribution is -2.41. The smallest absolute Gasteiger partial charge is 0.307 e. The molecule has 2 atom stereocenters. The summed E-state index contributed by atoms with van der Waals surface area (Å²) in [5.74, 6) is -1.03. The van der Waals surface area contributed by atoms with E-state index in [0.717, 1.165) is 30.5 Å². The molecule has 1 aromatic carbocycles. The van der Waals surface area contributed by atoms with Crippen LogP contribution in [0.1, 0.15) is 30.0 Å². The van der Waals surface area contributed by atoms with Crippen molar-refractivity contribution in [2.24, 2.45) is 5.92 Å². The molecule has 0 spiro atoms. The molecule has 0 saturated carbocycles. The lowest BCUT2D eigenvalue weighted by Gasteiger charge is -2.37. The number of halogens is 1. The summed E-state index contributed by atoms with van der Waals surface area (Å²) in [6.45, 7) is 1.43. The first-order valence-corrected chi connectivity index (χ1v) is 8.15. The Labute approximate surface area is 140 Å². The van der Waals surface area contributed by atoms with E-state index in [2.05, 4.69) is 9.88 Å². The zero-order valence-electron chi connectivity index (χ0n) is 12.7. The molecule has 1 aliphatic heterocycles. The summed E-state index contributed by atoms with van der Waals surface area (Å²) in [6, 6.07) is 11.7. The lowest BCUT2D eigenvalue weighted by atomic mass is 9.92. The van der Waals surface area contributed by atoms with Crippen LogP contribution in [0.25, 0.3) is 0 Å². The SMILES string of the molecule is O=C(O)C1CCCN(C(c2ccncc2)c2cccc(Cl)c2)C1. The van der Waals surface area contributed by atoms with E-state index in [1.165, 1.54) is 0 Å². The van der Waals surface area contributed by atoms with Gasteiger partial charge in [-0.15, -0.1) is 0 Å². The number of piperidine rings is 1. The molecule has 3 rings (SSSR count). The third kappa shape index (κ3) is 3.71. The second kappa shape index (κ2) is 7.11. The fourth-order valence-corrected chi connectivity index (χ4v) is 3.48. The average Bonchev–Trinajstić information content (AvgIpc) is 2.56. The number of pyridine rings is 1. The zero-order valence-corrected chi connectivity index (χ0v) is 13.5. The van der Waals surface area contributed by atoms with Crippen LogP contribution in [0.5, 0.6) is 0 Å². The van der Waals surface area contributed by atoms with E-state index >= 15 is 0 Å². The van der Waals surface area contributed by atoms with Crippen molar-refractivity contribution in [3.63, 3.8) is 0 Å². The minimum absolute atomic E-state index is 0.00106. The monoisotopic (exact) mass is 330 g/mol. The van der Waals surface area contributed by atoms with Crippen LogP contribution in [0.15, 0.2) is 48.8 Å². The molecule has 1 aromatic heterocycles. The molecule has 5 heteroatoms. The molecule has 23 heavy (non-hydrogen) atoms. The van der Waals surface area contributed by atoms with Gasteiger partial charge in [0.1, 0.15) is 0 Å². The maximum absolute atomic E-state index is 11.4. The number of aromatic nitrogens is 1. The largest absolute Gasteiger partial charge is 0.481 e. The van der Waals surface area contributed by atoms with Crippen LogP contribution in [0.2, 0.25) is 5.02 Å². The molecule has 1 aliphatic rings. The first-order chi connectivity index (χ1) is 11.1. The number of rotatable bonds is 4. The maximum atomic E-state index is 11.4. The number of likely N-dealkylation sites (tertiary alicyclic amines) is 1. The van der Waals surface area contributed by atoms with Gasteiger partial charge in [-0.2, -0.15) is 0 Å². The number of nitrogens with zero attached hydrogens (tertiary/aromatic N) is 2. The molecule has 0 bridgehead atoms. The van der Waals surface area contributed by atoms with Crippen LogP contribution >= 0.6 is 11.6 Å². The van der Waals surface area contributed by atoms with Crippen molar-refractivity contribution in [2.75, 3.05) is 13.1 Å². The van der Waals surface area contributed by atoms with Crippen molar-refractivity contribution in [1.29, 1.82) is 0 Å². The van der Waals surface area contributed by atoms with Crippen LogP contribution in [0.3, 0.4) is 0 Å². The van der Waals surface area contributed by atoms with E-state index in [1.807, 2.05) is 36.4 Å². The van der Waals surface area contributed by atoms with E-state index in [9.17, 15) is 9.90 Å².